The van der Waals surface area contributed by atoms with Gasteiger partial charge in [-0.1, -0.05) is 30.3 Å². The van der Waals surface area contributed by atoms with Crippen LogP contribution in [-0.4, -0.2) is 38.7 Å². The molecule has 0 aliphatic carbocycles. The molecule has 0 spiro atoms. The lowest BCUT2D eigenvalue weighted by atomic mass is 9.73. The number of para-hydroxylation sites is 2. The first-order valence-corrected chi connectivity index (χ1v) is 9.73. The molecule has 1 fully saturated rings. The molecule has 1 aliphatic heterocycles. The number of methoxy groups -OCH3 is 1. The molecule has 9 heteroatoms. The van der Waals surface area contributed by atoms with E-state index in [4.69, 9.17) is 9.47 Å². The highest BCUT2D eigenvalue weighted by atomic mass is 19.4. The van der Waals surface area contributed by atoms with Crippen molar-refractivity contribution in [3.05, 3.63) is 59.7 Å². The zero-order valence-electron chi connectivity index (χ0n) is 16.9. The summed E-state index contributed by atoms with van der Waals surface area (Å²) in [5.74, 6) is -1.53. The average Bonchev–Trinajstić information content (AvgIpc) is 2.77. The number of hydrogen-bond donors (Lipinski definition) is 2. The van der Waals surface area contributed by atoms with Crippen LogP contribution in [0.25, 0.3) is 0 Å². The molecule has 0 bridgehead atoms. The number of ether oxygens (including phenoxy) is 2. The van der Waals surface area contributed by atoms with E-state index in [0.717, 1.165) is 17.7 Å². The lowest BCUT2D eigenvalue weighted by Crippen LogP contribution is -2.47. The largest absolute Gasteiger partial charge is 0.496 e. The third kappa shape index (κ3) is 5.16. The molecule has 2 aromatic rings. The van der Waals surface area contributed by atoms with Gasteiger partial charge < -0.3 is 20.1 Å². The van der Waals surface area contributed by atoms with E-state index in [2.05, 4.69) is 10.6 Å². The molecule has 0 radical (unpaired) electrons. The predicted octanol–water partition coefficient (Wildman–Crippen LogP) is 3.52. The van der Waals surface area contributed by atoms with Crippen LogP contribution >= 0.6 is 0 Å². The third-order valence-corrected chi connectivity index (χ3v) is 5.40. The van der Waals surface area contributed by atoms with Crippen LogP contribution in [-0.2, 0) is 25.9 Å². The summed E-state index contributed by atoms with van der Waals surface area (Å²) in [5, 5.41) is 4.64. The smallest absolute Gasteiger partial charge is 0.418 e. The van der Waals surface area contributed by atoms with Crippen LogP contribution in [0.1, 0.15) is 24.0 Å². The number of anilines is 1. The van der Waals surface area contributed by atoms with Gasteiger partial charge in [0.2, 0.25) is 0 Å². The first-order valence-electron chi connectivity index (χ1n) is 9.73. The Balaban J connectivity index is 1.74. The molecule has 1 aliphatic rings. The fourth-order valence-corrected chi connectivity index (χ4v) is 3.73. The van der Waals surface area contributed by atoms with Crippen molar-refractivity contribution in [1.82, 2.24) is 5.32 Å². The van der Waals surface area contributed by atoms with E-state index in [1.165, 1.54) is 12.1 Å². The molecule has 6 nitrogen and oxygen atoms in total. The number of rotatable bonds is 5. The predicted molar refractivity (Wildman–Crippen MR) is 108 cm³/mol. The molecule has 0 atom stereocenters. The zero-order valence-corrected chi connectivity index (χ0v) is 16.9. The summed E-state index contributed by atoms with van der Waals surface area (Å²) in [6.07, 6.45) is -3.48. The highest BCUT2D eigenvalue weighted by Gasteiger charge is 2.38. The van der Waals surface area contributed by atoms with Crippen LogP contribution in [0.2, 0.25) is 0 Å². The van der Waals surface area contributed by atoms with Crippen molar-refractivity contribution in [3.63, 3.8) is 0 Å². The zero-order chi connectivity index (χ0) is 22.5. The van der Waals surface area contributed by atoms with Gasteiger partial charge in [0.05, 0.1) is 18.4 Å². The standard InChI is InChI=1S/C22H23F3N2O4/c1-30-18-9-5-3-7-16(18)21(10-12-31-13-11-21)14-26-19(28)20(29)27-17-8-4-2-6-15(17)22(23,24)25/h2-9H,10-14H2,1H3,(H,26,28)(H,27,29). The van der Waals surface area contributed by atoms with Gasteiger partial charge in [-0.15, -0.1) is 0 Å². The van der Waals surface area contributed by atoms with Gasteiger partial charge >= 0.3 is 18.0 Å². The lowest BCUT2D eigenvalue weighted by Gasteiger charge is -2.38. The van der Waals surface area contributed by atoms with E-state index < -0.39 is 34.7 Å². The Morgan fingerprint density at radius 1 is 1.03 bits per heavy atom. The minimum absolute atomic E-state index is 0.115. The van der Waals surface area contributed by atoms with Gasteiger partial charge in [0.15, 0.2) is 0 Å². The van der Waals surface area contributed by atoms with Crippen molar-refractivity contribution >= 4 is 17.5 Å². The molecule has 0 saturated carbocycles. The molecule has 166 valence electrons. The number of alkyl halides is 3. The minimum Gasteiger partial charge on any atom is -0.496 e. The van der Waals surface area contributed by atoms with E-state index in [1.54, 1.807) is 7.11 Å². The number of amides is 2. The molecule has 2 aromatic carbocycles. The Kier molecular flexibility index (Phi) is 6.84. The Hall–Kier alpha value is -3.07. The molecule has 1 saturated heterocycles. The first-order chi connectivity index (χ1) is 14.8. The number of hydrogen-bond acceptors (Lipinski definition) is 4. The summed E-state index contributed by atoms with van der Waals surface area (Å²) in [6.45, 7) is 1.06. The summed E-state index contributed by atoms with van der Waals surface area (Å²) in [7, 11) is 1.55. The van der Waals surface area contributed by atoms with Gasteiger partial charge in [-0.25, -0.2) is 0 Å². The Morgan fingerprint density at radius 3 is 2.35 bits per heavy atom. The summed E-state index contributed by atoms with van der Waals surface area (Å²) >= 11 is 0. The van der Waals surface area contributed by atoms with Crippen molar-refractivity contribution < 1.29 is 32.2 Å². The maximum Gasteiger partial charge on any atom is 0.418 e. The molecule has 2 N–H and O–H groups in total. The van der Waals surface area contributed by atoms with Crippen LogP contribution in [0.15, 0.2) is 48.5 Å². The quantitative estimate of drug-likeness (QED) is 0.704. The van der Waals surface area contributed by atoms with E-state index >= 15 is 0 Å². The Morgan fingerprint density at radius 2 is 1.68 bits per heavy atom. The fourth-order valence-electron chi connectivity index (χ4n) is 3.73. The molecular weight excluding hydrogens is 413 g/mol. The second-order valence-corrected chi connectivity index (χ2v) is 7.27. The minimum atomic E-state index is -4.66. The summed E-state index contributed by atoms with van der Waals surface area (Å²) in [4.78, 5) is 24.7. The van der Waals surface area contributed by atoms with Crippen LogP contribution in [0.4, 0.5) is 18.9 Å². The maximum atomic E-state index is 13.1. The highest BCUT2D eigenvalue weighted by molar-refractivity contribution is 6.39. The molecule has 31 heavy (non-hydrogen) atoms. The molecular formula is C22H23F3N2O4. The van der Waals surface area contributed by atoms with Gasteiger partial charge in [0, 0.05) is 30.7 Å². The Labute approximate surface area is 177 Å². The average molecular weight is 436 g/mol. The highest BCUT2D eigenvalue weighted by Crippen LogP contribution is 2.39. The van der Waals surface area contributed by atoms with E-state index in [9.17, 15) is 22.8 Å². The van der Waals surface area contributed by atoms with Crippen LogP contribution in [0, 0.1) is 0 Å². The van der Waals surface area contributed by atoms with Crippen LogP contribution in [0.5, 0.6) is 5.75 Å². The third-order valence-electron chi connectivity index (χ3n) is 5.40. The molecule has 0 aromatic heterocycles. The topological polar surface area (TPSA) is 76.7 Å². The van der Waals surface area contributed by atoms with Gasteiger partial charge in [-0.05, 0) is 31.0 Å². The van der Waals surface area contributed by atoms with E-state index in [0.29, 0.717) is 31.8 Å². The van der Waals surface area contributed by atoms with E-state index in [1.807, 2.05) is 24.3 Å². The summed E-state index contributed by atoms with van der Waals surface area (Å²) < 4.78 is 50.3. The normalized spacial score (nSPS) is 15.7. The monoisotopic (exact) mass is 436 g/mol. The molecule has 2 amide bonds. The number of carbonyl (C=O) groups is 2. The van der Waals surface area contributed by atoms with Crippen molar-refractivity contribution in [1.29, 1.82) is 0 Å². The van der Waals surface area contributed by atoms with Gasteiger partial charge in [0.1, 0.15) is 5.75 Å². The van der Waals surface area contributed by atoms with E-state index in [-0.39, 0.29) is 6.54 Å². The Bertz CT molecular complexity index is 940. The van der Waals surface area contributed by atoms with Gasteiger partial charge in [-0.3, -0.25) is 9.59 Å². The van der Waals surface area contributed by atoms with Crippen molar-refractivity contribution in [2.75, 3.05) is 32.2 Å². The fraction of sp³-hybridized carbons (Fsp3) is 0.364. The van der Waals surface area contributed by atoms with Crippen LogP contribution < -0.4 is 15.4 Å². The van der Waals surface area contributed by atoms with Crippen molar-refractivity contribution in [2.45, 2.75) is 24.4 Å². The summed E-state index contributed by atoms with van der Waals surface area (Å²) in [5.41, 5.74) is -1.14. The second-order valence-electron chi connectivity index (χ2n) is 7.27. The van der Waals surface area contributed by atoms with Crippen molar-refractivity contribution in [3.8, 4) is 5.75 Å². The number of nitrogens with one attached hydrogen (secondary N) is 2. The maximum absolute atomic E-state index is 13.1. The SMILES string of the molecule is COc1ccccc1C1(CNC(=O)C(=O)Nc2ccccc2C(F)(F)F)CCOCC1. The molecule has 1 heterocycles. The molecule has 0 unspecified atom stereocenters. The van der Waals surface area contributed by atoms with Gasteiger partial charge in [0.25, 0.3) is 0 Å². The first kappa shape index (κ1) is 22.6. The molecule has 3 rings (SSSR count). The summed E-state index contributed by atoms with van der Waals surface area (Å²) in [6, 6.07) is 11.9. The number of benzene rings is 2. The number of carbonyl (C=O) groups excluding carboxylic acids is 2. The van der Waals surface area contributed by atoms with Crippen LogP contribution in [0.3, 0.4) is 0 Å². The lowest BCUT2D eigenvalue weighted by molar-refractivity contribution is -0.138. The van der Waals surface area contributed by atoms with Crippen molar-refractivity contribution in [2.24, 2.45) is 0 Å². The second kappa shape index (κ2) is 9.38. The van der Waals surface area contributed by atoms with Gasteiger partial charge in [-0.2, -0.15) is 13.2 Å². The number of halogens is 3.